The average Bonchev–Trinajstić information content (AvgIpc) is 3.11. The van der Waals surface area contributed by atoms with Crippen molar-refractivity contribution >= 4 is 53.3 Å². The van der Waals surface area contributed by atoms with Gasteiger partial charge in [0.1, 0.15) is 36.5 Å². The Kier molecular flexibility index (Phi) is 15.6. The van der Waals surface area contributed by atoms with Crippen LogP contribution in [0.4, 0.5) is 5.69 Å². The monoisotopic (exact) mass is 729 g/mol. The Balaban J connectivity index is 0.000000367. The molecule has 2 aromatic rings. The summed E-state index contributed by atoms with van der Waals surface area (Å²) in [5.41, 5.74) is -1.02. The highest BCUT2D eigenvalue weighted by Crippen LogP contribution is 2.29. The molecule has 3 rings (SSSR count). The van der Waals surface area contributed by atoms with Crippen molar-refractivity contribution in [3.63, 3.8) is 0 Å². The van der Waals surface area contributed by atoms with Crippen molar-refractivity contribution in [2.45, 2.75) is 99.2 Å². The molecule has 284 valence electrons. The zero-order chi connectivity index (χ0) is 40.1. The van der Waals surface area contributed by atoms with Gasteiger partial charge in [-0.2, -0.15) is 0 Å². The van der Waals surface area contributed by atoms with E-state index in [1.807, 2.05) is 6.07 Å². The highest BCUT2D eigenvalue weighted by molar-refractivity contribution is 6.04. The normalized spacial score (nSPS) is 15.0. The van der Waals surface area contributed by atoms with E-state index in [9.17, 15) is 28.8 Å². The Morgan fingerprint density at radius 1 is 0.755 bits per heavy atom. The van der Waals surface area contributed by atoms with Gasteiger partial charge in [0.15, 0.2) is 10.8 Å². The van der Waals surface area contributed by atoms with Crippen LogP contribution in [-0.4, -0.2) is 60.4 Å². The molecular formula is C42H51NO10. The standard InChI is InChI=1S/C22H28O5.C20H23NO5/c1-5-17-11-12-19(15(2)13-17)20(24)26-14-22(4,16(3)23)21(25)27-18-9-7-6-8-10-18;1-8-14-9-10-15(16(11-14)21-7)17(23)25-12-20(6,13(2)22)18(24)26-19(3,4)5/h5,11-13,18H,1,6-10,14H2,2-4H3;8-11H,1,12H2,2-6H3. The van der Waals surface area contributed by atoms with Gasteiger partial charge in [0.2, 0.25) is 5.69 Å². The molecule has 0 N–H and O–H groups in total. The van der Waals surface area contributed by atoms with E-state index in [-0.39, 0.29) is 29.7 Å². The minimum atomic E-state index is -1.62. The number of carbonyl (C=O) groups is 6. The molecule has 0 saturated heterocycles. The van der Waals surface area contributed by atoms with Gasteiger partial charge in [-0.05, 0) is 110 Å². The van der Waals surface area contributed by atoms with Crippen molar-refractivity contribution in [1.29, 1.82) is 0 Å². The second-order valence-electron chi connectivity index (χ2n) is 14.5. The number of hydrogen-bond acceptors (Lipinski definition) is 10. The Morgan fingerprint density at radius 2 is 1.23 bits per heavy atom. The summed E-state index contributed by atoms with van der Waals surface area (Å²) in [4.78, 5) is 77.2. The van der Waals surface area contributed by atoms with Crippen LogP contribution in [0.2, 0.25) is 0 Å². The lowest BCUT2D eigenvalue weighted by atomic mass is 9.87. The summed E-state index contributed by atoms with van der Waals surface area (Å²) in [6, 6.07) is 9.82. The lowest BCUT2D eigenvalue weighted by Crippen LogP contribution is -2.44. The van der Waals surface area contributed by atoms with E-state index in [0.29, 0.717) is 11.1 Å². The predicted octanol–water partition coefficient (Wildman–Crippen LogP) is 8.24. The Hall–Kier alpha value is -5.37. The fourth-order valence-electron chi connectivity index (χ4n) is 5.02. The molecule has 2 atom stereocenters. The van der Waals surface area contributed by atoms with Crippen LogP contribution in [0.25, 0.3) is 17.0 Å². The first-order valence-electron chi connectivity index (χ1n) is 17.4. The molecule has 1 aliphatic rings. The van der Waals surface area contributed by atoms with Gasteiger partial charge in [0.25, 0.3) is 0 Å². The Morgan fingerprint density at radius 3 is 1.68 bits per heavy atom. The molecule has 0 aliphatic heterocycles. The molecule has 0 radical (unpaired) electrons. The van der Waals surface area contributed by atoms with Gasteiger partial charge in [0, 0.05) is 0 Å². The summed E-state index contributed by atoms with van der Waals surface area (Å²) in [7, 11) is 0. The van der Waals surface area contributed by atoms with Crippen molar-refractivity contribution < 1.29 is 47.7 Å². The Bertz CT molecular complexity index is 1770. The van der Waals surface area contributed by atoms with Crippen LogP contribution in [0.1, 0.15) is 118 Å². The Labute approximate surface area is 312 Å². The second kappa shape index (κ2) is 18.9. The number of ether oxygens (including phenoxy) is 4. The molecule has 0 amide bonds. The summed E-state index contributed by atoms with van der Waals surface area (Å²) >= 11 is 0. The van der Waals surface area contributed by atoms with Gasteiger partial charge in [-0.15, -0.1) is 0 Å². The largest absolute Gasteiger partial charge is 0.462 e. The maximum Gasteiger partial charge on any atom is 0.338 e. The molecule has 11 heteroatoms. The summed E-state index contributed by atoms with van der Waals surface area (Å²) in [5.74, 6) is -3.60. The van der Waals surface area contributed by atoms with Crippen LogP contribution in [0, 0.1) is 24.3 Å². The second-order valence-corrected chi connectivity index (χ2v) is 14.5. The first-order valence-corrected chi connectivity index (χ1v) is 17.4. The van der Waals surface area contributed by atoms with Gasteiger partial charge < -0.3 is 18.9 Å². The molecule has 1 fully saturated rings. The molecule has 11 nitrogen and oxygen atoms in total. The fraction of sp³-hybridized carbons (Fsp3) is 0.452. The molecule has 2 aromatic carbocycles. The van der Waals surface area contributed by atoms with Gasteiger partial charge in [0.05, 0.1) is 17.7 Å². The number of esters is 4. The smallest absolute Gasteiger partial charge is 0.338 e. The molecule has 53 heavy (non-hydrogen) atoms. The number of Topliss-reactive ketones (excluding diaryl/α,β-unsaturated/α-hetero) is 2. The highest BCUT2D eigenvalue weighted by Gasteiger charge is 2.44. The maximum atomic E-state index is 12.6. The minimum absolute atomic E-state index is 0.0562. The summed E-state index contributed by atoms with van der Waals surface area (Å²) < 4.78 is 21.3. The zero-order valence-electron chi connectivity index (χ0n) is 32.1. The van der Waals surface area contributed by atoms with Crippen LogP contribution < -0.4 is 0 Å². The van der Waals surface area contributed by atoms with Crippen LogP contribution >= 0.6 is 0 Å². The molecule has 0 aromatic heterocycles. The highest BCUT2D eigenvalue weighted by atomic mass is 16.6. The zero-order valence-corrected chi connectivity index (χ0v) is 32.1. The third-order valence-electron chi connectivity index (χ3n) is 8.97. The van der Waals surface area contributed by atoms with Crippen LogP contribution in [0.15, 0.2) is 49.6 Å². The van der Waals surface area contributed by atoms with E-state index in [1.54, 1.807) is 58.0 Å². The van der Waals surface area contributed by atoms with E-state index < -0.39 is 52.7 Å². The lowest BCUT2D eigenvalue weighted by Gasteiger charge is -2.29. The van der Waals surface area contributed by atoms with Crippen molar-refractivity contribution in [3.05, 3.63) is 88.8 Å². The van der Waals surface area contributed by atoms with Crippen LogP contribution in [0.5, 0.6) is 0 Å². The average molecular weight is 730 g/mol. The minimum Gasteiger partial charge on any atom is -0.462 e. The number of aryl methyl sites for hydroxylation is 1. The first kappa shape index (κ1) is 43.8. The summed E-state index contributed by atoms with van der Waals surface area (Å²) in [6.45, 7) is 25.9. The van der Waals surface area contributed by atoms with E-state index >= 15 is 0 Å². The van der Waals surface area contributed by atoms with Crippen molar-refractivity contribution in [1.82, 2.24) is 0 Å². The number of rotatable bonds is 13. The van der Waals surface area contributed by atoms with Crippen LogP contribution in [-0.2, 0) is 38.1 Å². The van der Waals surface area contributed by atoms with Crippen molar-refractivity contribution in [2.24, 2.45) is 10.8 Å². The number of carbonyl (C=O) groups excluding carboxylic acids is 6. The molecular weight excluding hydrogens is 678 g/mol. The topological polar surface area (TPSA) is 144 Å². The molecule has 0 bridgehead atoms. The van der Waals surface area contributed by atoms with Gasteiger partial charge in [-0.1, -0.05) is 56.0 Å². The third-order valence-corrected chi connectivity index (χ3v) is 8.97. The SMILES string of the molecule is C=Cc1ccc(C(=O)OCC(C)(C(C)=O)C(=O)OC2CCCCC2)c(C)c1.[C-]#[N+]c1cc(C=C)ccc1C(=O)OCC(C)(C(C)=O)C(=O)OC(C)(C)C. The summed E-state index contributed by atoms with van der Waals surface area (Å²) in [5, 5.41) is 0. The maximum absolute atomic E-state index is 12.6. The van der Waals surface area contributed by atoms with E-state index in [1.165, 1.54) is 39.8 Å². The number of ketones is 2. The van der Waals surface area contributed by atoms with Gasteiger partial charge in [-0.3, -0.25) is 19.2 Å². The molecule has 2 unspecified atom stereocenters. The number of hydrogen-bond donors (Lipinski definition) is 0. The first-order chi connectivity index (χ1) is 24.7. The van der Waals surface area contributed by atoms with Crippen LogP contribution in [0.3, 0.4) is 0 Å². The van der Waals surface area contributed by atoms with E-state index in [4.69, 9.17) is 25.5 Å². The molecule has 1 saturated carbocycles. The number of nitrogens with zero attached hydrogens (tertiary/aromatic N) is 1. The van der Waals surface area contributed by atoms with Crippen molar-refractivity contribution in [3.8, 4) is 0 Å². The number of benzene rings is 2. The van der Waals surface area contributed by atoms with E-state index in [2.05, 4.69) is 18.0 Å². The van der Waals surface area contributed by atoms with Gasteiger partial charge >= 0.3 is 23.9 Å². The predicted molar refractivity (Wildman–Crippen MR) is 201 cm³/mol. The third kappa shape index (κ3) is 12.1. The van der Waals surface area contributed by atoms with Gasteiger partial charge in [-0.25, -0.2) is 14.4 Å². The van der Waals surface area contributed by atoms with E-state index in [0.717, 1.165) is 43.2 Å². The fourth-order valence-corrected chi connectivity index (χ4v) is 5.02. The molecule has 0 heterocycles. The molecule has 0 spiro atoms. The quantitative estimate of drug-likeness (QED) is 0.0856. The molecule has 1 aliphatic carbocycles. The summed E-state index contributed by atoms with van der Waals surface area (Å²) in [6.07, 6.45) is 7.89. The van der Waals surface area contributed by atoms with Crippen molar-refractivity contribution in [2.75, 3.05) is 13.2 Å². The lowest BCUT2D eigenvalue weighted by molar-refractivity contribution is -0.172.